The van der Waals surface area contributed by atoms with Crippen molar-refractivity contribution in [3.05, 3.63) is 0 Å². The maximum atomic E-state index is 11.1. The quantitative estimate of drug-likeness (QED) is 0.584. The number of aliphatic hydroxyl groups excluding tert-OH is 1. The highest BCUT2D eigenvalue weighted by molar-refractivity contribution is 5.69. The van der Waals surface area contributed by atoms with Crippen LogP contribution in [0.3, 0.4) is 0 Å². The van der Waals surface area contributed by atoms with Crippen molar-refractivity contribution in [2.24, 2.45) is 0 Å². The molecule has 2 fully saturated rings. The molecule has 80 valence electrons. The van der Waals surface area contributed by atoms with Crippen LogP contribution >= 0.6 is 0 Å². The van der Waals surface area contributed by atoms with E-state index in [4.69, 9.17) is 14.2 Å². The van der Waals surface area contributed by atoms with Crippen LogP contribution < -0.4 is 5.32 Å². The summed E-state index contributed by atoms with van der Waals surface area (Å²) in [7, 11) is 1.46. The predicted octanol–water partition coefficient (Wildman–Crippen LogP) is -0.785. The van der Waals surface area contributed by atoms with Crippen LogP contribution in [0.2, 0.25) is 0 Å². The molecule has 1 amide bonds. The average Bonchev–Trinajstić information content (AvgIpc) is 2.14. The van der Waals surface area contributed by atoms with Crippen molar-refractivity contribution in [2.45, 2.75) is 37.6 Å². The second kappa shape index (κ2) is 3.38. The van der Waals surface area contributed by atoms with Gasteiger partial charge in [0.1, 0.15) is 12.1 Å². The van der Waals surface area contributed by atoms with Gasteiger partial charge in [0.25, 0.3) is 0 Å². The zero-order valence-corrected chi connectivity index (χ0v) is 7.97. The predicted molar refractivity (Wildman–Crippen MR) is 44.5 cm³/mol. The number of fused-ring (bicyclic) bond motifs is 2. The highest BCUT2D eigenvalue weighted by Gasteiger charge is 2.49. The van der Waals surface area contributed by atoms with Gasteiger partial charge in [-0.1, -0.05) is 0 Å². The van der Waals surface area contributed by atoms with Gasteiger partial charge in [0, 0.05) is 7.11 Å². The van der Waals surface area contributed by atoms with Gasteiger partial charge >= 0.3 is 6.09 Å². The fraction of sp³-hybridized carbons (Fsp3) is 0.875. The first kappa shape index (κ1) is 9.70. The number of rotatable bonds is 1. The molecular weight excluding hydrogens is 190 g/mol. The molecule has 0 saturated carbocycles. The van der Waals surface area contributed by atoms with Gasteiger partial charge in [-0.3, -0.25) is 0 Å². The standard InChI is InChI=1S/C8H13NO5/c1-3-6-5(10)4(7(12-2)13-3)9-8(11)14-6/h3-7,10H,1-2H3,(H,9,11). The molecule has 2 aliphatic heterocycles. The summed E-state index contributed by atoms with van der Waals surface area (Å²) >= 11 is 0. The molecule has 5 unspecified atom stereocenters. The molecule has 6 nitrogen and oxygen atoms in total. The topological polar surface area (TPSA) is 77.0 Å². The molecule has 2 bridgehead atoms. The molecule has 2 aliphatic rings. The maximum Gasteiger partial charge on any atom is 0.408 e. The Bertz CT molecular complexity index is 244. The third-order valence-corrected chi connectivity index (χ3v) is 2.57. The lowest BCUT2D eigenvalue weighted by molar-refractivity contribution is -0.262. The minimum atomic E-state index is -0.790. The number of amides is 1. The molecule has 0 aromatic heterocycles. The van der Waals surface area contributed by atoms with Gasteiger partial charge < -0.3 is 24.6 Å². The van der Waals surface area contributed by atoms with Crippen LogP contribution in [0.25, 0.3) is 0 Å². The number of hydrogen-bond acceptors (Lipinski definition) is 5. The number of carbonyl (C=O) groups excluding carboxylic acids is 1. The largest absolute Gasteiger partial charge is 0.441 e. The Balaban J connectivity index is 2.20. The van der Waals surface area contributed by atoms with Gasteiger partial charge in [-0.25, -0.2) is 4.79 Å². The number of alkyl carbamates (subject to hydrolysis) is 1. The summed E-state index contributed by atoms with van der Waals surface area (Å²) in [4.78, 5) is 11.1. The van der Waals surface area contributed by atoms with Crippen LogP contribution in [-0.4, -0.2) is 49.0 Å². The third-order valence-electron chi connectivity index (χ3n) is 2.57. The molecule has 2 rings (SSSR count). The van der Waals surface area contributed by atoms with E-state index in [1.54, 1.807) is 6.92 Å². The Morgan fingerprint density at radius 2 is 2.29 bits per heavy atom. The van der Waals surface area contributed by atoms with Crippen molar-refractivity contribution < 1.29 is 24.1 Å². The molecular formula is C8H13NO5. The van der Waals surface area contributed by atoms with Crippen LogP contribution in [0.15, 0.2) is 0 Å². The Labute approximate surface area is 81.1 Å². The van der Waals surface area contributed by atoms with Crippen LogP contribution in [0.5, 0.6) is 0 Å². The van der Waals surface area contributed by atoms with E-state index >= 15 is 0 Å². The molecule has 0 aromatic carbocycles. The van der Waals surface area contributed by atoms with Gasteiger partial charge in [0.2, 0.25) is 0 Å². The normalized spacial score (nSPS) is 46.8. The summed E-state index contributed by atoms with van der Waals surface area (Å²) in [6.07, 6.45) is -2.93. The van der Waals surface area contributed by atoms with Crippen LogP contribution in [0.1, 0.15) is 6.92 Å². The molecule has 6 heteroatoms. The number of carbonyl (C=O) groups is 1. The van der Waals surface area contributed by atoms with Crippen LogP contribution in [-0.2, 0) is 14.2 Å². The summed E-state index contributed by atoms with van der Waals surface area (Å²) in [5.74, 6) is 0. The number of methoxy groups -OCH3 is 1. The van der Waals surface area contributed by atoms with Gasteiger partial charge in [-0.15, -0.1) is 0 Å². The Morgan fingerprint density at radius 3 is 2.93 bits per heavy atom. The lowest BCUT2D eigenvalue weighted by Crippen LogP contribution is -2.68. The first-order valence-electron chi connectivity index (χ1n) is 4.47. The smallest absolute Gasteiger partial charge is 0.408 e. The van der Waals surface area contributed by atoms with Crippen molar-refractivity contribution >= 4 is 6.09 Å². The van der Waals surface area contributed by atoms with E-state index in [0.717, 1.165) is 0 Å². The third kappa shape index (κ3) is 1.35. The van der Waals surface area contributed by atoms with E-state index in [1.165, 1.54) is 7.11 Å². The molecule has 2 N–H and O–H groups in total. The highest BCUT2D eigenvalue weighted by Crippen LogP contribution is 2.26. The first-order valence-corrected chi connectivity index (χ1v) is 4.47. The van der Waals surface area contributed by atoms with E-state index in [9.17, 15) is 9.90 Å². The van der Waals surface area contributed by atoms with Crippen molar-refractivity contribution in [1.29, 1.82) is 0 Å². The number of ether oxygens (including phenoxy) is 3. The molecule has 0 radical (unpaired) electrons. The number of hydrogen-bond donors (Lipinski definition) is 2. The molecule has 0 spiro atoms. The van der Waals surface area contributed by atoms with E-state index in [1.807, 2.05) is 0 Å². The van der Waals surface area contributed by atoms with E-state index in [0.29, 0.717) is 0 Å². The molecule has 14 heavy (non-hydrogen) atoms. The van der Waals surface area contributed by atoms with Gasteiger partial charge in [-0.2, -0.15) is 0 Å². The van der Waals surface area contributed by atoms with Crippen molar-refractivity contribution in [1.82, 2.24) is 5.32 Å². The summed E-state index contributed by atoms with van der Waals surface area (Å²) in [6.45, 7) is 1.73. The summed E-state index contributed by atoms with van der Waals surface area (Å²) in [5, 5.41) is 12.2. The van der Waals surface area contributed by atoms with E-state index < -0.39 is 30.6 Å². The second-order valence-corrected chi connectivity index (χ2v) is 3.48. The minimum absolute atomic E-state index is 0.364. The summed E-state index contributed by atoms with van der Waals surface area (Å²) in [5.41, 5.74) is 0. The summed E-state index contributed by atoms with van der Waals surface area (Å²) < 4.78 is 15.3. The minimum Gasteiger partial charge on any atom is -0.441 e. The van der Waals surface area contributed by atoms with Crippen molar-refractivity contribution in [2.75, 3.05) is 7.11 Å². The SMILES string of the molecule is COC1OC(C)C2OC(=O)NC1C2O. The van der Waals surface area contributed by atoms with Gasteiger partial charge in [-0.05, 0) is 6.92 Å². The van der Waals surface area contributed by atoms with Crippen LogP contribution in [0, 0.1) is 0 Å². The van der Waals surface area contributed by atoms with Gasteiger partial charge in [0.05, 0.1) is 6.10 Å². The fourth-order valence-corrected chi connectivity index (χ4v) is 1.83. The lowest BCUT2D eigenvalue weighted by Gasteiger charge is -2.45. The molecule has 5 atom stereocenters. The summed E-state index contributed by atoms with van der Waals surface area (Å²) in [6, 6.07) is -0.553. The zero-order chi connectivity index (χ0) is 10.3. The van der Waals surface area contributed by atoms with E-state index in [2.05, 4.69) is 5.32 Å². The Morgan fingerprint density at radius 1 is 1.57 bits per heavy atom. The molecule has 2 saturated heterocycles. The lowest BCUT2D eigenvalue weighted by atomic mass is 9.96. The van der Waals surface area contributed by atoms with E-state index in [-0.39, 0.29) is 6.10 Å². The van der Waals surface area contributed by atoms with Gasteiger partial charge in [0.15, 0.2) is 12.4 Å². The van der Waals surface area contributed by atoms with Crippen molar-refractivity contribution in [3.63, 3.8) is 0 Å². The zero-order valence-electron chi connectivity index (χ0n) is 7.97. The molecule has 0 aromatic rings. The Kier molecular flexibility index (Phi) is 2.34. The monoisotopic (exact) mass is 203 g/mol. The van der Waals surface area contributed by atoms with Crippen LogP contribution in [0.4, 0.5) is 4.79 Å². The average molecular weight is 203 g/mol. The van der Waals surface area contributed by atoms with Crippen molar-refractivity contribution in [3.8, 4) is 0 Å². The highest BCUT2D eigenvalue weighted by atomic mass is 16.7. The second-order valence-electron chi connectivity index (χ2n) is 3.48. The number of nitrogens with one attached hydrogen (secondary N) is 1. The fourth-order valence-electron chi connectivity index (χ4n) is 1.83. The Hall–Kier alpha value is -0.850. The first-order chi connectivity index (χ1) is 6.63. The molecule has 2 heterocycles. The molecule has 0 aliphatic carbocycles. The maximum absolute atomic E-state index is 11.1. The number of aliphatic hydroxyl groups is 1.